The Labute approximate surface area is 159 Å². The smallest absolute Gasteiger partial charge is 0.123 e. The van der Waals surface area contributed by atoms with Crippen molar-refractivity contribution >= 4 is 5.57 Å². The van der Waals surface area contributed by atoms with Gasteiger partial charge in [-0.15, -0.1) is 0 Å². The molecule has 3 heteroatoms. The van der Waals surface area contributed by atoms with Crippen LogP contribution in [0, 0.1) is 5.82 Å². The van der Waals surface area contributed by atoms with E-state index < -0.39 is 0 Å². The first-order valence-electron chi connectivity index (χ1n) is 9.59. The molecule has 0 saturated heterocycles. The van der Waals surface area contributed by atoms with Gasteiger partial charge in [0.15, 0.2) is 0 Å². The van der Waals surface area contributed by atoms with Gasteiger partial charge in [0.2, 0.25) is 0 Å². The maximum absolute atomic E-state index is 14.0. The number of hydrogen-bond donors (Lipinski definition) is 0. The van der Waals surface area contributed by atoms with Crippen LogP contribution in [0.15, 0.2) is 73.3 Å². The SMILES string of the molecule is Fc1ccc(CC(c2cccnc2)c2cccnc2)c(C2=CCCCC2)c1. The molecule has 2 nitrogen and oxygen atoms in total. The molecule has 0 N–H and O–H groups in total. The zero-order valence-electron chi connectivity index (χ0n) is 15.3. The quantitative estimate of drug-likeness (QED) is 0.563. The first kappa shape index (κ1) is 17.6. The van der Waals surface area contributed by atoms with Crippen LogP contribution in [0.4, 0.5) is 4.39 Å². The first-order chi connectivity index (χ1) is 13.3. The van der Waals surface area contributed by atoms with Crippen LogP contribution < -0.4 is 0 Å². The van der Waals surface area contributed by atoms with E-state index in [1.165, 1.54) is 24.0 Å². The lowest BCUT2D eigenvalue weighted by Gasteiger charge is -2.22. The molecule has 0 amide bonds. The molecule has 0 fully saturated rings. The molecule has 3 aromatic rings. The molecule has 0 atom stereocenters. The Balaban J connectivity index is 1.75. The van der Waals surface area contributed by atoms with E-state index in [0.717, 1.165) is 36.0 Å². The van der Waals surface area contributed by atoms with Gasteiger partial charge in [-0.2, -0.15) is 0 Å². The van der Waals surface area contributed by atoms with Gasteiger partial charge in [-0.25, -0.2) is 4.39 Å². The van der Waals surface area contributed by atoms with Crippen molar-refractivity contribution in [3.8, 4) is 0 Å². The largest absolute Gasteiger partial charge is 0.264 e. The van der Waals surface area contributed by atoms with Crippen LogP contribution in [0.25, 0.3) is 5.57 Å². The molecule has 1 aliphatic rings. The number of rotatable bonds is 5. The fourth-order valence-corrected chi connectivity index (χ4v) is 3.92. The lowest BCUT2D eigenvalue weighted by Crippen LogP contribution is -2.08. The van der Waals surface area contributed by atoms with Gasteiger partial charge in [0.25, 0.3) is 0 Å². The third-order valence-corrected chi connectivity index (χ3v) is 5.31. The summed E-state index contributed by atoms with van der Waals surface area (Å²) in [7, 11) is 0. The molecule has 0 spiro atoms. The average Bonchev–Trinajstić information content (AvgIpc) is 2.75. The third-order valence-electron chi connectivity index (χ3n) is 5.31. The Hall–Kier alpha value is -2.81. The van der Waals surface area contributed by atoms with E-state index in [1.807, 2.05) is 30.6 Å². The highest BCUT2D eigenvalue weighted by Gasteiger charge is 2.19. The lowest BCUT2D eigenvalue weighted by molar-refractivity contribution is 0.625. The summed E-state index contributed by atoms with van der Waals surface area (Å²) in [6, 6.07) is 13.4. The number of nitrogens with zero attached hydrogens (tertiary/aromatic N) is 2. The lowest BCUT2D eigenvalue weighted by atomic mass is 9.83. The molecule has 0 saturated carbocycles. The van der Waals surface area contributed by atoms with Crippen molar-refractivity contribution in [3.05, 3.63) is 101 Å². The molecule has 1 aromatic carbocycles. The van der Waals surface area contributed by atoms with Crippen molar-refractivity contribution in [1.82, 2.24) is 9.97 Å². The fraction of sp³-hybridized carbons (Fsp3) is 0.250. The predicted molar refractivity (Wildman–Crippen MR) is 107 cm³/mol. The van der Waals surface area contributed by atoms with Gasteiger partial charge < -0.3 is 0 Å². The number of benzene rings is 1. The summed E-state index contributed by atoms with van der Waals surface area (Å²) >= 11 is 0. The topological polar surface area (TPSA) is 25.8 Å². The Morgan fingerprint density at radius 1 is 0.926 bits per heavy atom. The normalized spacial score (nSPS) is 14.2. The molecule has 1 aliphatic carbocycles. The zero-order valence-corrected chi connectivity index (χ0v) is 15.3. The summed E-state index contributed by atoms with van der Waals surface area (Å²) in [4.78, 5) is 8.61. The molecule has 0 bridgehead atoms. The molecule has 4 rings (SSSR count). The average molecular weight is 358 g/mol. The molecule has 136 valence electrons. The molecular formula is C24H23FN2. The summed E-state index contributed by atoms with van der Waals surface area (Å²) in [5, 5.41) is 0. The molecule has 2 heterocycles. The Kier molecular flexibility index (Phi) is 5.38. The zero-order chi connectivity index (χ0) is 18.5. The van der Waals surface area contributed by atoms with Gasteiger partial charge in [0.05, 0.1) is 0 Å². The molecule has 0 radical (unpaired) electrons. The number of pyridine rings is 2. The van der Waals surface area contributed by atoms with Crippen LogP contribution >= 0.6 is 0 Å². The fourth-order valence-electron chi connectivity index (χ4n) is 3.92. The van der Waals surface area contributed by atoms with Gasteiger partial charge in [-0.05, 0) is 84.2 Å². The molecule has 2 aromatic heterocycles. The molecule has 0 aliphatic heterocycles. The van der Waals surface area contributed by atoms with Gasteiger partial charge in [0, 0.05) is 30.7 Å². The minimum atomic E-state index is -0.167. The number of aromatic nitrogens is 2. The second-order valence-corrected chi connectivity index (χ2v) is 7.11. The highest BCUT2D eigenvalue weighted by molar-refractivity contribution is 5.69. The van der Waals surface area contributed by atoms with E-state index in [-0.39, 0.29) is 11.7 Å². The van der Waals surface area contributed by atoms with E-state index in [9.17, 15) is 4.39 Å². The first-order valence-corrected chi connectivity index (χ1v) is 9.59. The van der Waals surface area contributed by atoms with Crippen molar-refractivity contribution in [2.24, 2.45) is 0 Å². The van der Waals surface area contributed by atoms with E-state index in [0.29, 0.717) is 0 Å². The second-order valence-electron chi connectivity index (χ2n) is 7.11. The number of hydrogen-bond acceptors (Lipinski definition) is 2. The Morgan fingerprint density at radius 3 is 2.26 bits per heavy atom. The summed E-state index contributed by atoms with van der Waals surface area (Å²) in [6.07, 6.45) is 15.0. The molecular weight excluding hydrogens is 335 g/mol. The standard InChI is InChI=1S/C24H23FN2/c25-22-11-10-19(24(15-22)18-6-2-1-3-7-18)14-23(20-8-4-12-26-16-20)21-9-5-13-27-17-21/h4-6,8-13,15-17,23H,1-3,7,14H2. The maximum Gasteiger partial charge on any atom is 0.123 e. The summed E-state index contributed by atoms with van der Waals surface area (Å²) < 4.78 is 14.0. The van der Waals surface area contributed by atoms with Crippen LogP contribution in [-0.4, -0.2) is 9.97 Å². The summed E-state index contributed by atoms with van der Waals surface area (Å²) in [5.74, 6) is -0.0275. The Bertz CT molecular complexity index is 880. The van der Waals surface area contributed by atoms with E-state index in [1.54, 1.807) is 24.5 Å². The maximum atomic E-state index is 14.0. The van der Waals surface area contributed by atoms with Crippen LogP contribution in [-0.2, 0) is 6.42 Å². The van der Waals surface area contributed by atoms with Gasteiger partial charge in [0.1, 0.15) is 5.82 Å². The van der Waals surface area contributed by atoms with Crippen molar-refractivity contribution in [2.75, 3.05) is 0 Å². The van der Waals surface area contributed by atoms with E-state index in [4.69, 9.17) is 0 Å². The predicted octanol–water partition coefficient (Wildman–Crippen LogP) is 5.95. The van der Waals surface area contributed by atoms with Crippen molar-refractivity contribution < 1.29 is 4.39 Å². The van der Waals surface area contributed by atoms with Crippen molar-refractivity contribution in [3.63, 3.8) is 0 Å². The van der Waals surface area contributed by atoms with Gasteiger partial charge in [-0.3, -0.25) is 9.97 Å². The highest BCUT2D eigenvalue weighted by atomic mass is 19.1. The highest BCUT2D eigenvalue weighted by Crippen LogP contribution is 2.34. The monoisotopic (exact) mass is 358 g/mol. The number of allylic oxidation sites excluding steroid dienone is 2. The third kappa shape index (κ3) is 4.13. The van der Waals surface area contributed by atoms with Crippen LogP contribution in [0.2, 0.25) is 0 Å². The molecule has 27 heavy (non-hydrogen) atoms. The van der Waals surface area contributed by atoms with Gasteiger partial charge >= 0.3 is 0 Å². The second kappa shape index (κ2) is 8.26. The van der Waals surface area contributed by atoms with Crippen LogP contribution in [0.5, 0.6) is 0 Å². The molecule has 0 unspecified atom stereocenters. The number of halogens is 1. The van der Waals surface area contributed by atoms with Crippen LogP contribution in [0.1, 0.15) is 53.9 Å². The minimum Gasteiger partial charge on any atom is -0.264 e. The summed E-state index contributed by atoms with van der Waals surface area (Å²) in [5.41, 5.74) is 5.83. The van der Waals surface area contributed by atoms with Crippen molar-refractivity contribution in [1.29, 1.82) is 0 Å². The minimum absolute atomic E-state index is 0.140. The van der Waals surface area contributed by atoms with Crippen molar-refractivity contribution in [2.45, 2.75) is 38.0 Å². The Morgan fingerprint density at radius 2 is 1.67 bits per heavy atom. The van der Waals surface area contributed by atoms with E-state index in [2.05, 4.69) is 28.2 Å². The van der Waals surface area contributed by atoms with Crippen LogP contribution in [0.3, 0.4) is 0 Å². The van der Waals surface area contributed by atoms with E-state index >= 15 is 0 Å². The van der Waals surface area contributed by atoms with Gasteiger partial charge in [-0.1, -0.05) is 24.3 Å². The summed E-state index contributed by atoms with van der Waals surface area (Å²) in [6.45, 7) is 0.